The summed E-state index contributed by atoms with van der Waals surface area (Å²) in [6.45, 7) is 1.95. The zero-order chi connectivity index (χ0) is 10.7. The zero-order valence-electron chi connectivity index (χ0n) is 8.60. The summed E-state index contributed by atoms with van der Waals surface area (Å²) in [6.07, 6.45) is 0. The first-order valence-electron chi connectivity index (χ1n) is 4.85. The van der Waals surface area contributed by atoms with Crippen LogP contribution in [0.15, 0.2) is 48.5 Å². The van der Waals surface area contributed by atoms with Crippen molar-refractivity contribution in [3.05, 3.63) is 54.1 Å². The molecular formula is C13H13NO. The second-order valence-corrected chi connectivity index (χ2v) is 3.39. The molecule has 15 heavy (non-hydrogen) atoms. The van der Waals surface area contributed by atoms with Gasteiger partial charge in [-0.1, -0.05) is 24.3 Å². The SMILES string of the molecule is Cc1c(N)cccc1Oc1ccccc1. The van der Waals surface area contributed by atoms with Crippen molar-refractivity contribution in [3.8, 4) is 11.5 Å². The molecule has 0 saturated heterocycles. The summed E-state index contributed by atoms with van der Waals surface area (Å²) in [6, 6.07) is 15.4. The highest BCUT2D eigenvalue weighted by Crippen LogP contribution is 2.27. The molecule has 0 radical (unpaired) electrons. The lowest BCUT2D eigenvalue weighted by Crippen LogP contribution is -1.92. The van der Waals surface area contributed by atoms with E-state index in [1.165, 1.54) is 0 Å². The molecule has 76 valence electrons. The Morgan fingerprint density at radius 3 is 2.40 bits per heavy atom. The van der Waals surface area contributed by atoms with Crippen LogP contribution in [0.25, 0.3) is 0 Å². The molecule has 2 rings (SSSR count). The third-order valence-corrected chi connectivity index (χ3v) is 2.30. The molecule has 0 heterocycles. The quantitative estimate of drug-likeness (QED) is 0.752. The maximum atomic E-state index is 5.79. The van der Waals surface area contributed by atoms with Gasteiger partial charge in [-0.05, 0) is 31.2 Å². The van der Waals surface area contributed by atoms with E-state index < -0.39 is 0 Å². The van der Waals surface area contributed by atoms with Crippen molar-refractivity contribution in [3.63, 3.8) is 0 Å². The van der Waals surface area contributed by atoms with Gasteiger partial charge in [0.05, 0.1) is 0 Å². The van der Waals surface area contributed by atoms with Crippen LogP contribution in [0, 0.1) is 6.92 Å². The standard InChI is InChI=1S/C13H13NO/c1-10-12(14)8-5-9-13(10)15-11-6-3-2-4-7-11/h2-9H,14H2,1H3. The Labute approximate surface area is 89.3 Å². The Morgan fingerprint density at radius 1 is 0.933 bits per heavy atom. The Bertz CT molecular complexity index is 451. The van der Waals surface area contributed by atoms with Gasteiger partial charge in [0.25, 0.3) is 0 Å². The van der Waals surface area contributed by atoms with Gasteiger partial charge in [-0.15, -0.1) is 0 Å². The second-order valence-electron chi connectivity index (χ2n) is 3.39. The molecule has 2 heteroatoms. The third-order valence-electron chi connectivity index (χ3n) is 2.30. The van der Waals surface area contributed by atoms with Crippen LogP contribution in [-0.2, 0) is 0 Å². The molecule has 0 aliphatic heterocycles. The van der Waals surface area contributed by atoms with E-state index in [-0.39, 0.29) is 0 Å². The zero-order valence-corrected chi connectivity index (χ0v) is 8.60. The fourth-order valence-corrected chi connectivity index (χ4v) is 1.36. The highest BCUT2D eigenvalue weighted by Gasteiger charge is 2.02. The number of para-hydroxylation sites is 1. The van der Waals surface area contributed by atoms with E-state index in [2.05, 4.69) is 0 Å². The minimum absolute atomic E-state index is 0.753. The molecule has 0 aliphatic rings. The second kappa shape index (κ2) is 4.05. The van der Waals surface area contributed by atoms with Crippen molar-refractivity contribution in [1.82, 2.24) is 0 Å². The van der Waals surface area contributed by atoms with Crippen molar-refractivity contribution in [1.29, 1.82) is 0 Å². The summed E-state index contributed by atoms with van der Waals surface area (Å²) in [7, 11) is 0. The van der Waals surface area contributed by atoms with Gasteiger partial charge in [0.2, 0.25) is 0 Å². The van der Waals surface area contributed by atoms with Crippen LogP contribution in [0.3, 0.4) is 0 Å². The van der Waals surface area contributed by atoms with E-state index >= 15 is 0 Å². The average molecular weight is 199 g/mol. The normalized spacial score (nSPS) is 9.93. The van der Waals surface area contributed by atoms with Crippen molar-refractivity contribution < 1.29 is 4.74 Å². The van der Waals surface area contributed by atoms with E-state index in [0.717, 1.165) is 22.7 Å². The highest BCUT2D eigenvalue weighted by molar-refractivity contribution is 5.54. The van der Waals surface area contributed by atoms with Crippen molar-refractivity contribution in [2.24, 2.45) is 0 Å². The number of benzene rings is 2. The lowest BCUT2D eigenvalue weighted by molar-refractivity contribution is 0.479. The van der Waals surface area contributed by atoms with Crippen LogP contribution >= 0.6 is 0 Å². The van der Waals surface area contributed by atoms with Gasteiger partial charge in [0.1, 0.15) is 11.5 Å². The molecule has 0 atom stereocenters. The van der Waals surface area contributed by atoms with Crippen LogP contribution in [-0.4, -0.2) is 0 Å². The summed E-state index contributed by atoms with van der Waals surface area (Å²) in [5.74, 6) is 1.63. The van der Waals surface area contributed by atoms with E-state index in [0.29, 0.717) is 0 Å². The lowest BCUT2D eigenvalue weighted by Gasteiger charge is -2.09. The molecule has 2 nitrogen and oxygen atoms in total. The van der Waals surface area contributed by atoms with E-state index in [9.17, 15) is 0 Å². The van der Waals surface area contributed by atoms with Gasteiger partial charge in [0.15, 0.2) is 0 Å². The number of rotatable bonds is 2. The maximum absolute atomic E-state index is 5.79. The van der Waals surface area contributed by atoms with Gasteiger partial charge >= 0.3 is 0 Å². The van der Waals surface area contributed by atoms with Crippen molar-refractivity contribution in [2.75, 3.05) is 5.73 Å². The first kappa shape index (κ1) is 9.59. The summed E-state index contributed by atoms with van der Waals surface area (Å²) < 4.78 is 5.71. The fourth-order valence-electron chi connectivity index (χ4n) is 1.36. The minimum atomic E-state index is 0.753. The molecule has 2 aromatic carbocycles. The molecule has 0 amide bonds. The molecule has 2 aromatic rings. The number of anilines is 1. The first-order valence-corrected chi connectivity index (χ1v) is 4.85. The molecular weight excluding hydrogens is 186 g/mol. The van der Waals surface area contributed by atoms with E-state index in [4.69, 9.17) is 10.5 Å². The smallest absolute Gasteiger partial charge is 0.132 e. The van der Waals surface area contributed by atoms with Gasteiger partial charge < -0.3 is 10.5 Å². The van der Waals surface area contributed by atoms with Crippen molar-refractivity contribution in [2.45, 2.75) is 6.92 Å². The van der Waals surface area contributed by atoms with Crippen LogP contribution in [0.2, 0.25) is 0 Å². The molecule has 0 fully saturated rings. The van der Waals surface area contributed by atoms with Crippen LogP contribution in [0.1, 0.15) is 5.56 Å². The lowest BCUT2D eigenvalue weighted by atomic mass is 10.2. The van der Waals surface area contributed by atoms with Crippen molar-refractivity contribution >= 4 is 5.69 Å². The van der Waals surface area contributed by atoms with Gasteiger partial charge in [-0.3, -0.25) is 0 Å². The number of nitrogen functional groups attached to an aromatic ring is 1. The largest absolute Gasteiger partial charge is 0.457 e. The number of hydrogen-bond donors (Lipinski definition) is 1. The topological polar surface area (TPSA) is 35.2 Å². The Hall–Kier alpha value is -1.96. The predicted octanol–water partition coefficient (Wildman–Crippen LogP) is 3.37. The van der Waals surface area contributed by atoms with Gasteiger partial charge in [0, 0.05) is 11.3 Å². The summed E-state index contributed by atoms with van der Waals surface area (Å²) >= 11 is 0. The molecule has 2 N–H and O–H groups in total. The summed E-state index contributed by atoms with van der Waals surface area (Å²) in [5.41, 5.74) is 7.52. The minimum Gasteiger partial charge on any atom is -0.457 e. The summed E-state index contributed by atoms with van der Waals surface area (Å²) in [5, 5.41) is 0. The average Bonchev–Trinajstić information content (AvgIpc) is 2.26. The molecule has 0 saturated carbocycles. The van der Waals surface area contributed by atoms with Crippen LogP contribution in [0.5, 0.6) is 11.5 Å². The monoisotopic (exact) mass is 199 g/mol. The van der Waals surface area contributed by atoms with Gasteiger partial charge in [-0.2, -0.15) is 0 Å². The van der Waals surface area contributed by atoms with Gasteiger partial charge in [-0.25, -0.2) is 0 Å². The molecule has 0 bridgehead atoms. The Morgan fingerprint density at radius 2 is 1.67 bits per heavy atom. The molecule has 0 aliphatic carbocycles. The Kier molecular flexibility index (Phi) is 2.59. The molecule has 0 aromatic heterocycles. The highest BCUT2D eigenvalue weighted by atomic mass is 16.5. The molecule has 0 spiro atoms. The summed E-state index contributed by atoms with van der Waals surface area (Å²) in [4.78, 5) is 0. The fraction of sp³-hybridized carbons (Fsp3) is 0.0769. The predicted molar refractivity (Wildman–Crippen MR) is 62.1 cm³/mol. The molecule has 0 unspecified atom stereocenters. The van der Waals surface area contributed by atoms with E-state index in [1.54, 1.807) is 0 Å². The van der Waals surface area contributed by atoms with Crippen LogP contribution in [0.4, 0.5) is 5.69 Å². The van der Waals surface area contributed by atoms with Crippen LogP contribution < -0.4 is 10.5 Å². The Balaban J connectivity index is 2.29. The number of ether oxygens (including phenoxy) is 1. The first-order chi connectivity index (χ1) is 7.27. The maximum Gasteiger partial charge on any atom is 0.132 e. The number of nitrogens with two attached hydrogens (primary N) is 1. The number of hydrogen-bond acceptors (Lipinski definition) is 2. The van der Waals surface area contributed by atoms with E-state index in [1.807, 2.05) is 55.5 Å². The third kappa shape index (κ3) is 2.10.